The quantitative estimate of drug-likeness (QED) is 0.913. The van der Waals surface area contributed by atoms with Crippen molar-refractivity contribution in [2.75, 3.05) is 12.4 Å². The van der Waals surface area contributed by atoms with Gasteiger partial charge in [-0.05, 0) is 36.4 Å². The van der Waals surface area contributed by atoms with E-state index in [1.807, 2.05) is 18.2 Å². The summed E-state index contributed by atoms with van der Waals surface area (Å²) in [5.74, 6) is 1.68. The van der Waals surface area contributed by atoms with Gasteiger partial charge in [0.25, 0.3) is 0 Å². The second-order valence-electron chi connectivity index (χ2n) is 4.19. The molecule has 5 nitrogen and oxygen atoms in total. The van der Waals surface area contributed by atoms with Crippen molar-refractivity contribution in [3.8, 4) is 23.3 Å². The van der Waals surface area contributed by atoms with E-state index in [4.69, 9.17) is 14.7 Å². The summed E-state index contributed by atoms with van der Waals surface area (Å²) in [6, 6.07) is 16.0. The molecule has 1 amide bonds. The molecule has 0 aliphatic heterocycles. The normalized spacial score (nSPS) is 9.52. The van der Waals surface area contributed by atoms with E-state index in [1.165, 1.54) is 0 Å². The van der Waals surface area contributed by atoms with Crippen LogP contribution in [0.2, 0.25) is 0 Å². The van der Waals surface area contributed by atoms with Crippen LogP contribution in [-0.4, -0.2) is 13.0 Å². The minimum Gasteiger partial charge on any atom is -0.497 e. The minimum absolute atomic E-state index is 0.165. The van der Waals surface area contributed by atoms with Crippen LogP contribution in [0.15, 0.2) is 48.5 Å². The molecular weight excluding hydrogens is 268 g/mol. The number of anilines is 1. The molecule has 0 atom stereocenters. The Hall–Kier alpha value is -3.00. The van der Waals surface area contributed by atoms with E-state index in [2.05, 4.69) is 5.32 Å². The molecule has 2 aromatic carbocycles. The molecule has 0 saturated heterocycles. The fourth-order valence-corrected chi connectivity index (χ4v) is 1.68. The predicted molar refractivity (Wildman–Crippen MR) is 78.4 cm³/mol. The molecule has 106 valence electrons. The SMILES string of the molecule is COc1cccc(Oc2ccc(NC(=O)CC#N)cc2)c1. The maximum Gasteiger partial charge on any atom is 0.238 e. The van der Waals surface area contributed by atoms with Crippen LogP contribution < -0.4 is 14.8 Å². The van der Waals surface area contributed by atoms with Crippen molar-refractivity contribution >= 4 is 11.6 Å². The molecule has 0 unspecified atom stereocenters. The molecule has 0 saturated carbocycles. The van der Waals surface area contributed by atoms with Crippen LogP contribution in [0.5, 0.6) is 17.2 Å². The van der Waals surface area contributed by atoms with Crippen molar-refractivity contribution in [1.29, 1.82) is 5.26 Å². The summed E-state index contributed by atoms with van der Waals surface area (Å²) in [5, 5.41) is 11.0. The molecule has 0 radical (unpaired) electrons. The Morgan fingerprint density at radius 1 is 1.14 bits per heavy atom. The van der Waals surface area contributed by atoms with Gasteiger partial charge in [0.2, 0.25) is 5.91 Å². The Labute approximate surface area is 122 Å². The Balaban J connectivity index is 2.02. The van der Waals surface area contributed by atoms with Crippen LogP contribution in [0.1, 0.15) is 6.42 Å². The Morgan fingerprint density at radius 3 is 2.52 bits per heavy atom. The summed E-state index contributed by atoms with van der Waals surface area (Å²) in [5.41, 5.74) is 0.619. The van der Waals surface area contributed by atoms with Gasteiger partial charge >= 0.3 is 0 Å². The highest BCUT2D eigenvalue weighted by molar-refractivity contribution is 5.92. The van der Waals surface area contributed by atoms with Crippen LogP contribution in [0.25, 0.3) is 0 Å². The maximum absolute atomic E-state index is 11.3. The summed E-state index contributed by atoms with van der Waals surface area (Å²) >= 11 is 0. The number of hydrogen-bond donors (Lipinski definition) is 1. The van der Waals surface area contributed by atoms with Gasteiger partial charge in [-0.2, -0.15) is 5.26 Å². The molecule has 21 heavy (non-hydrogen) atoms. The molecule has 0 spiro atoms. The molecule has 0 aromatic heterocycles. The molecule has 1 N–H and O–H groups in total. The monoisotopic (exact) mass is 282 g/mol. The molecule has 2 rings (SSSR count). The van der Waals surface area contributed by atoms with Crippen LogP contribution >= 0.6 is 0 Å². The van der Waals surface area contributed by atoms with E-state index < -0.39 is 0 Å². The number of carbonyl (C=O) groups is 1. The summed E-state index contributed by atoms with van der Waals surface area (Å²) < 4.78 is 10.8. The molecule has 0 bridgehead atoms. The molecule has 0 aliphatic rings. The van der Waals surface area contributed by atoms with Gasteiger partial charge in [-0.3, -0.25) is 4.79 Å². The molecule has 0 aliphatic carbocycles. The third-order valence-corrected chi connectivity index (χ3v) is 2.65. The van der Waals surface area contributed by atoms with Crippen molar-refractivity contribution in [3.63, 3.8) is 0 Å². The van der Waals surface area contributed by atoms with Crippen LogP contribution in [-0.2, 0) is 4.79 Å². The van der Waals surface area contributed by atoms with E-state index in [0.717, 1.165) is 0 Å². The van der Waals surface area contributed by atoms with Gasteiger partial charge in [-0.25, -0.2) is 0 Å². The van der Waals surface area contributed by atoms with Crippen LogP contribution in [0.4, 0.5) is 5.69 Å². The first-order valence-electron chi connectivity index (χ1n) is 6.30. The zero-order chi connectivity index (χ0) is 15.1. The van der Waals surface area contributed by atoms with Gasteiger partial charge in [-0.1, -0.05) is 6.07 Å². The van der Waals surface area contributed by atoms with Crippen molar-refractivity contribution in [3.05, 3.63) is 48.5 Å². The van der Waals surface area contributed by atoms with Gasteiger partial charge in [0.05, 0.1) is 13.2 Å². The summed E-state index contributed by atoms with van der Waals surface area (Å²) in [6.45, 7) is 0. The fourth-order valence-electron chi connectivity index (χ4n) is 1.68. The molecule has 0 fully saturated rings. The van der Waals surface area contributed by atoms with Gasteiger partial charge in [0.15, 0.2) is 0 Å². The number of nitriles is 1. The first-order valence-corrected chi connectivity index (χ1v) is 6.30. The van der Waals surface area contributed by atoms with Crippen molar-refractivity contribution in [2.24, 2.45) is 0 Å². The lowest BCUT2D eigenvalue weighted by atomic mass is 10.3. The number of amides is 1. The number of carbonyl (C=O) groups excluding carboxylic acids is 1. The van der Waals surface area contributed by atoms with E-state index in [1.54, 1.807) is 43.5 Å². The Kier molecular flexibility index (Phi) is 4.78. The van der Waals surface area contributed by atoms with Gasteiger partial charge in [0, 0.05) is 11.8 Å². The highest BCUT2D eigenvalue weighted by atomic mass is 16.5. The van der Waals surface area contributed by atoms with E-state index in [9.17, 15) is 4.79 Å². The van der Waals surface area contributed by atoms with E-state index >= 15 is 0 Å². The summed E-state index contributed by atoms with van der Waals surface area (Å²) in [7, 11) is 1.60. The lowest BCUT2D eigenvalue weighted by Gasteiger charge is -2.08. The van der Waals surface area contributed by atoms with Crippen molar-refractivity contribution in [1.82, 2.24) is 0 Å². The van der Waals surface area contributed by atoms with Crippen LogP contribution in [0.3, 0.4) is 0 Å². The van der Waals surface area contributed by atoms with Crippen LogP contribution in [0, 0.1) is 11.3 Å². The second-order valence-corrected chi connectivity index (χ2v) is 4.19. The summed E-state index contributed by atoms with van der Waals surface area (Å²) in [4.78, 5) is 11.3. The second kappa shape index (κ2) is 6.96. The molecule has 5 heteroatoms. The Morgan fingerprint density at radius 2 is 1.86 bits per heavy atom. The van der Waals surface area contributed by atoms with E-state index in [-0.39, 0.29) is 12.3 Å². The zero-order valence-electron chi connectivity index (χ0n) is 11.5. The maximum atomic E-state index is 11.3. The smallest absolute Gasteiger partial charge is 0.238 e. The zero-order valence-corrected chi connectivity index (χ0v) is 11.5. The van der Waals surface area contributed by atoms with E-state index in [0.29, 0.717) is 22.9 Å². The third-order valence-electron chi connectivity index (χ3n) is 2.65. The molecular formula is C16H14N2O3. The highest BCUT2D eigenvalue weighted by Gasteiger charge is 2.03. The molecule has 2 aromatic rings. The first kappa shape index (κ1) is 14.4. The fraction of sp³-hybridized carbons (Fsp3) is 0.125. The first-order chi connectivity index (χ1) is 10.2. The minimum atomic E-state index is -0.334. The Bertz CT molecular complexity index is 660. The highest BCUT2D eigenvalue weighted by Crippen LogP contribution is 2.26. The largest absolute Gasteiger partial charge is 0.497 e. The van der Waals surface area contributed by atoms with Gasteiger partial charge in [-0.15, -0.1) is 0 Å². The topological polar surface area (TPSA) is 71.3 Å². The summed E-state index contributed by atoms with van der Waals surface area (Å²) in [6.07, 6.45) is -0.165. The lowest BCUT2D eigenvalue weighted by Crippen LogP contribution is -2.09. The number of hydrogen-bond acceptors (Lipinski definition) is 4. The number of rotatable bonds is 5. The predicted octanol–water partition coefficient (Wildman–Crippen LogP) is 3.34. The standard InChI is InChI=1S/C16H14N2O3/c1-20-14-3-2-4-15(11-14)21-13-7-5-12(6-8-13)18-16(19)9-10-17/h2-8,11H,9H2,1H3,(H,18,19). The number of methoxy groups -OCH3 is 1. The number of nitrogens with one attached hydrogen (secondary N) is 1. The number of benzene rings is 2. The van der Waals surface area contributed by atoms with Gasteiger partial charge < -0.3 is 14.8 Å². The van der Waals surface area contributed by atoms with Crippen molar-refractivity contribution in [2.45, 2.75) is 6.42 Å². The van der Waals surface area contributed by atoms with Crippen molar-refractivity contribution < 1.29 is 14.3 Å². The molecule has 0 heterocycles. The number of nitrogens with zero attached hydrogens (tertiary/aromatic N) is 1. The van der Waals surface area contributed by atoms with Gasteiger partial charge in [0.1, 0.15) is 23.7 Å². The lowest BCUT2D eigenvalue weighted by molar-refractivity contribution is -0.115. The third kappa shape index (κ3) is 4.25. The average Bonchev–Trinajstić information content (AvgIpc) is 2.50. The average molecular weight is 282 g/mol. The number of ether oxygens (including phenoxy) is 2.